The summed E-state index contributed by atoms with van der Waals surface area (Å²) in [6, 6.07) is 16.7. The standard InChI is InChI=1S/C19H20ClN3O/c1-13(2)12-21-18-17(14-6-4-3-5-7-14)23(19(24)22-18)16-10-8-15(20)9-11-16/h3-11,13,17H,12H2,1-2H3,(H,21,22,24). The highest BCUT2D eigenvalue weighted by molar-refractivity contribution is 6.30. The molecule has 0 fully saturated rings. The van der Waals surface area contributed by atoms with E-state index in [1.165, 1.54) is 0 Å². The lowest BCUT2D eigenvalue weighted by Gasteiger charge is -2.26. The van der Waals surface area contributed by atoms with Crippen LogP contribution in [-0.2, 0) is 0 Å². The van der Waals surface area contributed by atoms with Crippen molar-refractivity contribution in [1.29, 1.82) is 0 Å². The van der Waals surface area contributed by atoms with Gasteiger partial charge in [-0.15, -0.1) is 0 Å². The van der Waals surface area contributed by atoms with Crippen LogP contribution in [-0.4, -0.2) is 18.4 Å². The summed E-state index contributed by atoms with van der Waals surface area (Å²) in [4.78, 5) is 18.5. The minimum Gasteiger partial charge on any atom is -0.371 e. The molecule has 2 aromatic carbocycles. The number of hydrogen-bond donors (Lipinski definition) is 1. The Labute approximate surface area is 147 Å². The van der Waals surface area contributed by atoms with Gasteiger partial charge in [-0.2, -0.15) is 4.99 Å². The number of rotatable bonds is 4. The van der Waals surface area contributed by atoms with Crippen molar-refractivity contribution in [3.8, 4) is 0 Å². The molecule has 1 unspecified atom stereocenters. The van der Waals surface area contributed by atoms with E-state index in [1.54, 1.807) is 17.0 Å². The molecule has 0 spiro atoms. The fraction of sp³-hybridized carbons (Fsp3) is 0.263. The SMILES string of the molecule is CC(C)CNC1=NC(=O)N(c2ccc(Cl)cc2)C1c1ccccc1. The van der Waals surface area contributed by atoms with Crippen LogP contribution in [0.4, 0.5) is 10.5 Å². The fourth-order valence-electron chi connectivity index (χ4n) is 2.70. The lowest BCUT2D eigenvalue weighted by atomic mass is 10.0. The van der Waals surface area contributed by atoms with Crippen LogP contribution in [0.1, 0.15) is 25.5 Å². The summed E-state index contributed by atoms with van der Waals surface area (Å²) in [7, 11) is 0. The van der Waals surface area contributed by atoms with Crippen molar-refractivity contribution in [2.24, 2.45) is 10.9 Å². The molecule has 2 aromatic rings. The molecule has 2 amide bonds. The average molecular weight is 342 g/mol. The van der Waals surface area contributed by atoms with Crippen LogP contribution in [0.15, 0.2) is 59.6 Å². The molecule has 0 aliphatic carbocycles. The van der Waals surface area contributed by atoms with E-state index in [1.807, 2.05) is 42.5 Å². The molecule has 0 aromatic heterocycles. The maximum atomic E-state index is 12.6. The third kappa shape index (κ3) is 3.44. The van der Waals surface area contributed by atoms with Gasteiger partial charge in [-0.05, 0) is 35.7 Å². The molecule has 0 saturated carbocycles. The van der Waals surface area contributed by atoms with E-state index in [2.05, 4.69) is 24.2 Å². The lowest BCUT2D eigenvalue weighted by Crippen LogP contribution is -2.37. The summed E-state index contributed by atoms with van der Waals surface area (Å²) >= 11 is 5.98. The molecule has 0 saturated heterocycles. The molecular formula is C19H20ClN3O. The summed E-state index contributed by atoms with van der Waals surface area (Å²) < 4.78 is 0. The van der Waals surface area contributed by atoms with E-state index in [0.717, 1.165) is 17.8 Å². The van der Waals surface area contributed by atoms with Gasteiger partial charge in [-0.25, -0.2) is 4.79 Å². The molecule has 1 N–H and O–H groups in total. The Morgan fingerprint density at radius 1 is 1.12 bits per heavy atom. The number of carbonyl (C=O) groups is 1. The predicted octanol–water partition coefficient (Wildman–Crippen LogP) is 4.67. The number of amides is 2. The third-order valence-corrected chi connectivity index (χ3v) is 4.10. The Bertz CT molecular complexity index is 741. The van der Waals surface area contributed by atoms with Crippen LogP contribution in [0.5, 0.6) is 0 Å². The van der Waals surface area contributed by atoms with E-state index < -0.39 is 0 Å². The number of nitrogens with one attached hydrogen (secondary N) is 1. The number of urea groups is 1. The smallest absolute Gasteiger partial charge is 0.350 e. The number of anilines is 1. The van der Waals surface area contributed by atoms with E-state index in [9.17, 15) is 4.79 Å². The summed E-state index contributed by atoms with van der Waals surface area (Å²) in [6.07, 6.45) is 0. The van der Waals surface area contributed by atoms with E-state index in [0.29, 0.717) is 16.8 Å². The molecule has 124 valence electrons. The molecule has 4 nitrogen and oxygen atoms in total. The second-order valence-electron chi connectivity index (χ2n) is 6.21. The average Bonchev–Trinajstić information content (AvgIpc) is 2.91. The highest BCUT2D eigenvalue weighted by Gasteiger charge is 2.37. The molecule has 1 heterocycles. The second-order valence-corrected chi connectivity index (χ2v) is 6.65. The van der Waals surface area contributed by atoms with Crippen LogP contribution >= 0.6 is 11.6 Å². The van der Waals surface area contributed by atoms with Crippen molar-refractivity contribution < 1.29 is 4.79 Å². The Balaban J connectivity index is 1.98. The zero-order chi connectivity index (χ0) is 17.1. The van der Waals surface area contributed by atoms with E-state index >= 15 is 0 Å². The van der Waals surface area contributed by atoms with Gasteiger partial charge in [0.1, 0.15) is 11.9 Å². The van der Waals surface area contributed by atoms with Crippen molar-refractivity contribution >= 4 is 29.2 Å². The third-order valence-electron chi connectivity index (χ3n) is 3.85. The molecule has 1 atom stereocenters. The first kappa shape index (κ1) is 16.5. The Hall–Kier alpha value is -2.33. The fourth-order valence-corrected chi connectivity index (χ4v) is 2.83. The molecule has 0 radical (unpaired) electrons. The van der Waals surface area contributed by atoms with Gasteiger partial charge < -0.3 is 5.32 Å². The highest BCUT2D eigenvalue weighted by atomic mass is 35.5. The van der Waals surface area contributed by atoms with Crippen molar-refractivity contribution in [3.05, 3.63) is 65.2 Å². The Kier molecular flexibility index (Phi) is 4.86. The van der Waals surface area contributed by atoms with Crippen LogP contribution in [0.2, 0.25) is 5.02 Å². The van der Waals surface area contributed by atoms with E-state index in [-0.39, 0.29) is 12.1 Å². The molecule has 0 bridgehead atoms. The van der Waals surface area contributed by atoms with Gasteiger partial charge in [-0.3, -0.25) is 4.90 Å². The predicted molar refractivity (Wildman–Crippen MR) is 98.8 cm³/mol. The summed E-state index contributed by atoms with van der Waals surface area (Å²) in [5, 5.41) is 3.97. The van der Waals surface area contributed by atoms with Gasteiger partial charge in [-0.1, -0.05) is 55.8 Å². The topological polar surface area (TPSA) is 44.7 Å². The van der Waals surface area contributed by atoms with Crippen molar-refractivity contribution in [3.63, 3.8) is 0 Å². The first-order valence-electron chi connectivity index (χ1n) is 8.02. The van der Waals surface area contributed by atoms with Crippen molar-refractivity contribution in [2.75, 3.05) is 11.4 Å². The minimum absolute atomic E-state index is 0.251. The molecule has 1 aliphatic heterocycles. The first-order chi connectivity index (χ1) is 11.6. The van der Waals surface area contributed by atoms with Gasteiger partial charge in [0.05, 0.1) is 0 Å². The molecule has 5 heteroatoms. The lowest BCUT2D eigenvalue weighted by molar-refractivity contribution is 0.255. The number of nitrogens with zero attached hydrogens (tertiary/aromatic N) is 2. The van der Waals surface area contributed by atoms with Crippen LogP contribution in [0, 0.1) is 5.92 Å². The number of hydrogen-bond acceptors (Lipinski definition) is 2. The monoisotopic (exact) mass is 341 g/mol. The zero-order valence-electron chi connectivity index (χ0n) is 13.7. The van der Waals surface area contributed by atoms with Gasteiger partial charge in [0, 0.05) is 17.3 Å². The molecular weight excluding hydrogens is 322 g/mol. The number of benzene rings is 2. The normalized spacial score (nSPS) is 17.3. The van der Waals surface area contributed by atoms with Crippen molar-refractivity contribution in [1.82, 2.24) is 5.32 Å². The molecule has 24 heavy (non-hydrogen) atoms. The van der Waals surface area contributed by atoms with Gasteiger partial charge in [0.2, 0.25) is 0 Å². The summed E-state index contributed by atoms with van der Waals surface area (Å²) in [6.45, 7) is 5.02. The highest BCUT2D eigenvalue weighted by Crippen LogP contribution is 2.33. The maximum absolute atomic E-state index is 12.6. The van der Waals surface area contributed by atoms with Crippen molar-refractivity contribution in [2.45, 2.75) is 19.9 Å². The minimum atomic E-state index is -0.266. The molecule has 1 aliphatic rings. The van der Waals surface area contributed by atoms with E-state index in [4.69, 9.17) is 11.6 Å². The molecule has 3 rings (SSSR count). The van der Waals surface area contributed by atoms with Crippen LogP contribution in [0.3, 0.4) is 0 Å². The van der Waals surface area contributed by atoms with Gasteiger partial charge >= 0.3 is 6.03 Å². The van der Waals surface area contributed by atoms with Gasteiger partial charge in [0.25, 0.3) is 0 Å². The largest absolute Gasteiger partial charge is 0.371 e. The van der Waals surface area contributed by atoms with Gasteiger partial charge in [0.15, 0.2) is 0 Å². The maximum Gasteiger partial charge on any atom is 0.350 e. The number of carbonyl (C=O) groups excluding carboxylic acids is 1. The number of amidine groups is 1. The summed E-state index contributed by atoms with van der Waals surface area (Å²) in [5.74, 6) is 1.15. The summed E-state index contributed by atoms with van der Waals surface area (Å²) in [5.41, 5.74) is 1.80. The second kappa shape index (κ2) is 7.05. The number of aliphatic imine (C=N–C) groups is 1. The number of halogens is 1. The Morgan fingerprint density at radius 2 is 1.79 bits per heavy atom. The Morgan fingerprint density at radius 3 is 2.42 bits per heavy atom. The van der Waals surface area contributed by atoms with Crippen LogP contribution < -0.4 is 10.2 Å². The first-order valence-corrected chi connectivity index (χ1v) is 8.40. The zero-order valence-corrected chi connectivity index (χ0v) is 14.5. The quantitative estimate of drug-likeness (QED) is 0.878. The van der Waals surface area contributed by atoms with Crippen LogP contribution in [0.25, 0.3) is 0 Å².